The summed E-state index contributed by atoms with van der Waals surface area (Å²) in [5, 5.41) is 16.7. The molecule has 1 unspecified atom stereocenters. The number of para-hydroxylation sites is 1. The quantitative estimate of drug-likeness (QED) is 0.566. The van der Waals surface area contributed by atoms with Crippen LogP contribution in [0, 0.1) is 0 Å². The highest BCUT2D eigenvalue weighted by Gasteiger charge is 2.22. The standard InChI is InChI=1S/C12H15N3O3/c16-7-13-11(17)6-5-10-14-9-4-2-1-3-8(9)12(18)15-10/h1-4,10,14,16H,5-7H2,(H,13,17)(H,15,18). The van der Waals surface area contributed by atoms with Crippen molar-refractivity contribution in [2.75, 3.05) is 12.0 Å². The lowest BCUT2D eigenvalue weighted by atomic mass is 10.1. The molecule has 6 nitrogen and oxygen atoms in total. The first kappa shape index (κ1) is 12.4. The van der Waals surface area contributed by atoms with E-state index in [0.717, 1.165) is 5.69 Å². The molecule has 0 saturated carbocycles. The van der Waals surface area contributed by atoms with Crippen LogP contribution < -0.4 is 16.0 Å². The summed E-state index contributed by atoms with van der Waals surface area (Å²) in [4.78, 5) is 23.0. The third-order valence-electron chi connectivity index (χ3n) is 2.74. The minimum Gasteiger partial charge on any atom is -0.377 e. The Morgan fingerprint density at radius 2 is 2.11 bits per heavy atom. The number of carbonyl (C=O) groups is 2. The summed E-state index contributed by atoms with van der Waals surface area (Å²) in [6.45, 7) is -0.369. The predicted octanol–water partition coefficient (Wildman–Crippen LogP) is 0.0142. The maximum absolute atomic E-state index is 11.8. The zero-order valence-electron chi connectivity index (χ0n) is 9.77. The second-order valence-corrected chi connectivity index (χ2v) is 4.01. The highest BCUT2D eigenvalue weighted by molar-refractivity contribution is 6.01. The van der Waals surface area contributed by atoms with Crippen LogP contribution >= 0.6 is 0 Å². The van der Waals surface area contributed by atoms with E-state index in [1.54, 1.807) is 12.1 Å². The second kappa shape index (κ2) is 5.50. The summed E-state index contributed by atoms with van der Waals surface area (Å²) in [6, 6.07) is 7.22. The summed E-state index contributed by atoms with van der Waals surface area (Å²) >= 11 is 0. The van der Waals surface area contributed by atoms with E-state index < -0.39 is 0 Å². The van der Waals surface area contributed by atoms with Crippen molar-refractivity contribution in [3.05, 3.63) is 29.8 Å². The van der Waals surface area contributed by atoms with Gasteiger partial charge in [0, 0.05) is 12.1 Å². The Kier molecular flexibility index (Phi) is 3.78. The zero-order chi connectivity index (χ0) is 13.0. The number of aliphatic hydroxyl groups is 1. The number of hydrogen-bond acceptors (Lipinski definition) is 4. The van der Waals surface area contributed by atoms with Crippen molar-refractivity contribution >= 4 is 17.5 Å². The summed E-state index contributed by atoms with van der Waals surface area (Å²) in [5.74, 6) is -0.385. The van der Waals surface area contributed by atoms with Crippen LogP contribution in [0.25, 0.3) is 0 Å². The minimum absolute atomic E-state index is 0.142. The fourth-order valence-electron chi connectivity index (χ4n) is 1.86. The molecule has 18 heavy (non-hydrogen) atoms. The molecule has 96 valence electrons. The van der Waals surface area contributed by atoms with E-state index in [-0.39, 0.29) is 31.1 Å². The molecule has 1 aromatic rings. The Balaban J connectivity index is 1.95. The van der Waals surface area contributed by atoms with Gasteiger partial charge in [-0.05, 0) is 18.6 Å². The van der Waals surface area contributed by atoms with Gasteiger partial charge in [0.25, 0.3) is 5.91 Å². The van der Waals surface area contributed by atoms with Gasteiger partial charge in [0.1, 0.15) is 6.73 Å². The zero-order valence-corrected chi connectivity index (χ0v) is 9.77. The SMILES string of the molecule is O=C(CCC1NC(=O)c2ccccc2N1)NCO. The maximum atomic E-state index is 11.8. The third-order valence-corrected chi connectivity index (χ3v) is 2.74. The van der Waals surface area contributed by atoms with Gasteiger partial charge in [-0.3, -0.25) is 9.59 Å². The molecule has 6 heteroatoms. The second-order valence-electron chi connectivity index (χ2n) is 4.01. The number of aliphatic hydroxyl groups excluding tert-OH is 1. The average Bonchev–Trinajstić information content (AvgIpc) is 2.37. The van der Waals surface area contributed by atoms with Crippen molar-refractivity contribution < 1.29 is 14.7 Å². The van der Waals surface area contributed by atoms with Crippen molar-refractivity contribution in [1.29, 1.82) is 0 Å². The summed E-state index contributed by atoms with van der Waals surface area (Å²) in [5.41, 5.74) is 1.38. The molecule has 1 heterocycles. The molecule has 0 aromatic heterocycles. The molecule has 1 aliphatic heterocycles. The summed E-state index contributed by atoms with van der Waals surface area (Å²) < 4.78 is 0. The van der Waals surface area contributed by atoms with E-state index in [1.165, 1.54) is 0 Å². The number of carbonyl (C=O) groups excluding carboxylic acids is 2. The van der Waals surface area contributed by atoms with Gasteiger partial charge < -0.3 is 21.1 Å². The Hall–Kier alpha value is -2.08. The molecule has 4 N–H and O–H groups in total. The summed E-state index contributed by atoms with van der Waals surface area (Å²) in [6.07, 6.45) is 0.434. The first-order valence-electron chi connectivity index (χ1n) is 5.74. The van der Waals surface area contributed by atoms with Crippen LogP contribution in [0.5, 0.6) is 0 Å². The largest absolute Gasteiger partial charge is 0.377 e. The number of hydrogen-bond donors (Lipinski definition) is 4. The van der Waals surface area contributed by atoms with Crippen LogP contribution in [0.3, 0.4) is 0 Å². The Bertz CT molecular complexity index is 462. The topological polar surface area (TPSA) is 90.5 Å². The number of amides is 2. The number of fused-ring (bicyclic) bond motifs is 1. The molecule has 0 spiro atoms. The molecule has 0 saturated heterocycles. The smallest absolute Gasteiger partial charge is 0.254 e. The molecule has 1 aromatic carbocycles. The molecule has 1 aliphatic rings. The van der Waals surface area contributed by atoms with Gasteiger partial charge in [-0.25, -0.2) is 0 Å². The fourth-order valence-corrected chi connectivity index (χ4v) is 1.86. The van der Waals surface area contributed by atoms with Crippen molar-refractivity contribution in [3.8, 4) is 0 Å². The van der Waals surface area contributed by atoms with Gasteiger partial charge in [0.15, 0.2) is 0 Å². The first-order valence-corrected chi connectivity index (χ1v) is 5.74. The minimum atomic E-state index is -0.369. The van der Waals surface area contributed by atoms with Crippen LogP contribution in [0.1, 0.15) is 23.2 Å². The molecule has 1 atom stereocenters. The Labute approximate surface area is 104 Å². The van der Waals surface area contributed by atoms with Gasteiger partial charge in [0.05, 0.1) is 11.7 Å². The summed E-state index contributed by atoms with van der Waals surface area (Å²) in [7, 11) is 0. The average molecular weight is 249 g/mol. The van der Waals surface area contributed by atoms with E-state index in [2.05, 4.69) is 16.0 Å². The van der Waals surface area contributed by atoms with Crippen LogP contribution in [-0.4, -0.2) is 29.8 Å². The van der Waals surface area contributed by atoms with Gasteiger partial charge in [-0.15, -0.1) is 0 Å². The molecule has 0 bridgehead atoms. The van der Waals surface area contributed by atoms with Gasteiger partial charge in [-0.1, -0.05) is 12.1 Å². The molecular weight excluding hydrogens is 234 g/mol. The molecule has 0 aliphatic carbocycles. The molecule has 2 rings (SSSR count). The number of rotatable bonds is 4. The lowest BCUT2D eigenvalue weighted by Gasteiger charge is -2.27. The Morgan fingerprint density at radius 3 is 2.89 bits per heavy atom. The maximum Gasteiger partial charge on any atom is 0.254 e. The van der Waals surface area contributed by atoms with Crippen molar-refractivity contribution in [2.45, 2.75) is 19.0 Å². The van der Waals surface area contributed by atoms with Crippen molar-refractivity contribution in [2.24, 2.45) is 0 Å². The lowest BCUT2D eigenvalue weighted by molar-refractivity contribution is -0.122. The monoisotopic (exact) mass is 249 g/mol. The highest BCUT2D eigenvalue weighted by atomic mass is 16.3. The van der Waals surface area contributed by atoms with E-state index in [4.69, 9.17) is 5.11 Å². The first-order chi connectivity index (χ1) is 8.70. The van der Waals surface area contributed by atoms with E-state index in [1.807, 2.05) is 12.1 Å². The fraction of sp³-hybridized carbons (Fsp3) is 0.333. The van der Waals surface area contributed by atoms with Gasteiger partial charge >= 0.3 is 0 Å². The van der Waals surface area contributed by atoms with Crippen LogP contribution in [0.4, 0.5) is 5.69 Å². The van der Waals surface area contributed by atoms with Crippen LogP contribution in [0.2, 0.25) is 0 Å². The normalized spacial score (nSPS) is 17.4. The number of nitrogens with one attached hydrogen (secondary N) is 3. The van der Waals surface area contributed by atoms with Crippen molar-refractivity contribution in [1.82, 2.24) is 10.6 Å². The Morgan fingerprint density at radius 1 is 1.33 bits per heavy atom. The van der Waals surface area contributed by atoms with E-state index >= 15 is 0 Å². The van der Waals surface area contributed by atoms with Gasteiger partial charge in [0.2, 0.25) is 5.91 Å². The lowest BCUT2D eigenvalue weighted by Crippen LogP contribution is -2.45. The van der Waals surface area contributed by atoms with Gasteiger partial charge in [-0.2, -0.15) is 0 Å². The van der Waals surface area contributed by atoms with E-state index in [9.17, 15) is 9.59 Å². The predicted molar refractivity (Wildman–Crippen MR) is 65.8 cm³/mol. The van der Waals surface area contributed by atoms with Crippen LogP contribution in [0.15, 0.2) is 24.3 Å². The molecule has 2 amide bonds. The highest BCUT2D eigenvalue weighted by Crippen LogP contribution is 2.20. The van der Waals surface area contributed by atoms with Crippen LogP contribution in [-0.2, 0) is 4.79 Å². The molecular formula is C12H15N3O3. The van der Waals surface area contributed by atoms with Crippen molar-refractivity contribution in [3.63, 3.8) is 0 Å². The number of benzene rings is 1. The molecule has 0 radical (unpaired) electrons. The molecule has 0 fully saturated rings. The van der Waals surface area contributed by atoms with E-state index in [0.29, 0.717) is 12.0 Å². The third kappa shape index (κ3) is 2.78. The number of anilines is 1.